The van der Waals surface area contributed by atoms with E-state index in [1.54, 1.807) is 0 Å². The second kappa shape index (κ2) is 5.80. The van der Waals surface area contributed by atoms with Crippen LogP contribution in [0.15, 0.2) is 6.20 Å². The van der Waals surface area contributed by atoms with Gasteiger partial charge in [0.25, 0.3) is 0 Å². The number of carbonyl (C=O) groups is 2. The molecule has 1 aromatic heterocycles. The zero-order valence-electron chi connectivity index (χ0n) is 11.3. The summed E-state index contributed by atoms with van der Waals surface area (Å²) >= 11 is 0. The maximum absolute atomic E-state index is 11.2. The molecular weight excluding hydrogens is 282 g/mol. The minimum atomic E-state index is -1.35. The molecule has 2 rings (SSSR count). The van der Waals surface area contributed by atoms with Crippen LogP contribution in [-0.2, 0) is 16.0 Å². The smallest absolute Gasteiger partial charge is 0.309 e. The molecule has 0 radical (unpaired) electrons. The summed E-state index contributed by atoms with van der Waals surface area (Å²) in [5.74, 6) is -1.30. The number of aromatic nitrogens is 2. The van der Waals surface area contributed by atoms with Crippen LogP contribution in [0.2, 0.25) is 0 Å². The summed E-state index contributed by atoms with van der Waals surface area (Å²) in [6.07, 6.45) is -1.60. The van der Waals surface area contributed by atoms with Crippen LogP contribution in [0.1, 0.15) is 30.5 Å². The Morgan fingerprint density at radius 1 is 1.38 bits per heavy atom. The van der Waals surface area contributed by atoms with Crippen molar-refractivity contribution >= 4 is 11.9 Å². The first-order valence-corrected chi connectivity index (χ1v) is 6.38. The number of aliphatic hydroxyl groups is 3. The van der Waals surface area contributed by atoms with E-state index in [2.05, 4.69) is 10.3 Å². The molecule has 9 nitrogen and oxygen atoms in total. The number of rotatable bonds is 4. The quantitative estimate of drug-likeness (QED) is 0.430. The van der Waals surface area contributed by atoms with Crippen molar-refractivity contribution in [1.29, 1.82) is 0 Å². The lowest BCUT2D eigenvalue weighted by molar-refractivity contribution is -0.136. The van der Waals surface area contributed by atoms with Gasteiger partial charge in [0.05, 0.1) is 24.8 Å². The molecule has 2 heterocycles. The van der Waals surface area contributed by atoms with Gasteiger partial charge in [-0.1, -0.05) is 0 Å². The molecule has 0 spiro atoms. The van der Waals surface area contributed by atoms with E-state index in [-0.39, 0.29) is 17.9 Å². The molecule has 5 N–H and O–H groups in total. The van der Waals surface area contributed by atoms with Crippen LogP contribution in [0, 0.1) is 0 Å². The predicted molar refractivity (Wildman–Crippen MR) is 68.3 cm³/mol. The highest BCUT2D eigenvalue weighted by atomic mass is 16.4. The first-order valence-electron chi connectivity index (χ1n) is 6.38. The predicted octanol–water partition coefficient (Wildman–Crippen LogP) is -2.04. The number of hydrogen-bond donors (Lipinski definition) is 5. The van der Waals surface area contributed by atoms with E-state index in [9.17, 15) is 24.9 Å². The van der Waals surface area contributed by atoms with Crippen LogP contribution in [0.25, 0.3) is 0 Å². The van der Waals surface area contributed by atoms with Crippen molar-refractivity contribution in [2.24, 2.45) is 0 Å². The zero-order valence-corrected chi connectivity index (χ0v) is 11.3. The number of aliphatic hydroxyl groups excluding tert-OH is 3. The van der Waals surface area contributed by atoms with Crippen LogP contribution < -0.4 is 5.32 Å². The molecule has 0 bridgehead atoms. The van der Waals surface area contributed by atoms with Crippen molar-refractivity contribution in [1.82, 2.24) is 14.9 Å². The highest BCUT2D eigenvalue weighted by Crippen LogP contribution is 2.32. The summed E-state index contributed by atoms with van der Waals surface area (Å²) < 4.78 is 1.40. The number of fused-ring (bicyclic) bond motifs is 1. The highest BCUT2D eigenvalue weighted by Gasteiger charge is 2.42. The molecular formula is C12H17N3O6. The Morgan fingerprint density at radius 3 is 2.57 bits per heavy atom. The first kappa shape index (κ1) is 15.4. The minimum Gasteiger partial charge on any atom is -0.481 e. The molecule has 1 aliphatic rings. The second-order valence-electron chi connectivity index (χ2n) is 4.98. The number of nitrogens with one attached hydrogen (secondary N) is 1. The molecule has 0 saturated heterocycles. The molecule has 0 unspecified atom stereocenters. The van der Waals surface area contributed by atoms with Crippen LogP contribution in [-0.4, -0.2) is 60.7 Å². The minimum absolute atomic E-state index is 0.207. The number of imidazole rings is 1. The topological polar surface area (TPSA) is 145 Å². The maximum Gasteiger partial charge on any atom is 0.309 e. The molecule has 21 heavy (non-hydrogen) atoms. The van der Waals surface area contributed by atoms with Crippen molar-refractivity contribution in [2.75, 3.05) is 6.61 Å². The maximum atomic E-state index is 11.2. The molecule has 4 atom stereocenters. The van der Waals surface area contributed by atoms with Crippen LogP contribution in [0.3, 0.4) is 0 Å². The SMILES string of the molecule is CC(=O)N[C@H]1c2nc(CC(=O)O)cn2[C@H](CO)[C@@H](O)[C@@H]1O. The molecule has 1 amide bonds. The Bertz CT molecular complexity index is 557. The van der Waals surface area contributed by atoms with Crippen molar-refractivity contribution in [3.05, 3.63) is 17.7 Å². The Hall–Kier alpha value is -1.97. The van der Waals surface area contributed by atoms with Gasteiger partial charge in [-0.05, 0) is 0 Å². The van der Waals surface area contributed by atoms with Gasteiger partial charge in [0.2, 0.25) is 5.91 Å². The third kappa shape index (κ3) is 2.89. The number of nitrogens with zero attached hydrogens (tertiary/aromatic N) is 2. The van der Waals surface area contributed by atoms with Gasteiger partial charge < -0.3 is 30.3 Å². The van der Waals surface area contributed by atoms with Gasteiger partial charge >= 0.3 is 5.97 Å². The Morgan fingerprint density at radius 2 is 2.05 bits per heavy atom. The fraction of sp³-hybridized carbons (Fsp3) is 0.583. The summed E-state index contributed by atoms with van der Waals surface area (Å²) in [6, 6.07) is -1.82. The third-order valence-electron chi connectivity index (χ3n) is 3.41. The molecule has 0 saturated carbocycles. The van der Waals surface area contributed by atoms with Crippen LogP contribution >= 0.6 is 0 Å². The average Bonchev–Trinajstić information content (AvgIpc) is 2.77. The standard InChI is InChI=1S/C12H17N3O6/c1-5(17)13-9-11(21)10(20)7(4-16)15-3-6(2-8(18)19)14-12(9)15/h3,7,9-11,16,20-21H,2,4H2,1H3,(H,13,17)(H,18,19)/t7-,9-,10-,11-/m1/s1. The lowest BCUT2D eigenvalue weighted by Gasteiger charge is -2.37. The monoisotopic (exact) mass is 299 g/mol. The molecule has 1 aliphatic heterocycles. The van der Waals surface area contributed by atoms with Crippen molar-refractivity contribution < 1.29 is 30.0 Å². The van der Waals surface area contributed by atoms with Crippen LogP contribution in [0.5, 0.6) is 0 Å². The van der Waals surface area contributed by atoms with E-state index in [0.29, 0.717) is 0 Å². The van der Waals surface area contributed by atoms with E-state index >= 15 is 0 Å². The van der Waals surface area contributed by atoms with Crippen LogP contribution in [0.4, 0.5) is 0 Å². The molecule has 1 aromatic rings. The van der Waals surface area contributed by atoms with E-state index < -0.39 is 42.8 Å². The summed E-state index contributed by atoms with van der Waals surface area (Å²) in [5.41, 5.74) is 0.215. The number of carboxylic acid groups (broad SMARTS) is 1. The lowest BCUT2D eigenvalue weighted by Crippen LogP contribution is -2.51. The van der Waals surface area contributed by atoms with E-state index in [1.165, 1.54) is 17.7 Å². The average molecular weight is 299 g/mol. The van der Waals surface area contributed by atoms with Gasteiger partial charge in [0.15, 0.2) is 0 Å². The fourth-order valence-corrected chi connectivity index (χ4v) is 2.50. The second-order valence-corrected chi connectivity index (χ2v) is 4.98. The summed E-state index contributed by atoms with van der Waals surface area (Å²) in [7, 11) is 0. The third-order valence-corrected chi connectivity index (χ3v) is 3.41. The lowest BCUT2D eigenvalue weighted by atomic mass is 9.94. The first-order chi connectivity index (χ1) is 9.85. The number of carboxylic acids is 1. The van der Waals surface area contributed by atoms with Crippen molar-refractivity contribution in [3.8, 4) is 0 Å². The largest absolute Gasteiger partial charge is 0.481 e. The van der Waals surface area contributed by atoms with Gasteiger partial charge in [-0.25, -0.2) is 4.98 Å². The van der Waals surface area contributed by atoms with Crippen molar-refractivity contribution in [2.45, 2.75) is 37.6 Å². The fourth-order valence-electron chi connectivity index (χ4n) is 2.50. The van der Waals surface area contributed by atoms with Crippen molar-refractivity contribution in [3.63, 3.8) is 0 Å². The summed E-state index contributed by atoms with van der Waals surface area (Å²) in [4.78, 5) is 26.1. The number of amides is 1. The molecule has 0 aliphatic carbocycles. The Kier molecular flexibility index (Phi) is 4.26. The number of hydrogen-bond acceptors (Lipinski definition) is 6. The Labute approximate surface area is 119 Å². The summed E-state index contributed by atoms with van der Waals surface area (Å²) in [6.45, 7) is 0.795. The summed E-state index contributed by atoms with van der Waals surface area (Å²) in [5, 5.41) is 40.7. The van der Waals surface area contributed by atoms with Gasteiger partial charge in [0.1, 0.15) is 24.1 Å². The van der Waals surface area contributed by atoms with E-state index in [0.717, 1.165) is 0 Å². The number of carbonyl (C=O) groups excluding carboxylic acids is 1. The molecule has 116 valence electrons. The molecule has 0 fully saturated rings. The number of aliphatic carboxylic acids is 1. The van der Waals surface area contributed by atoms with E-state index in [1.807, 2.05) is 0 Å². The van der Waals surface area contributed by atoms with Gasteiger partial charge in [-0.3, -0.25) is 9.59 Å². The molecule has 0 aromatic carbocycles. The Balaban J connectivity index is 2.45. The normalized spacial score (nSPS) is 28.0. The highest BCUT2D eigenvalue weighted by molar-refractivity contribution is 5.73. The molecule has 9 heteroatoms. The zero-order chi connectivity index (χ0) is 15.7. The van der Waals surface area contributed by atoms with Gasteiger partial charge in [0, 0.05) is 13.1 Å². The van der Waals surface area contributed by atoms with E-state index in [4.69, 9.17) is 5.11 Å². The van der Waals surface area contributed by atoms with Gasteiger partial charge in [-0.2, -0.15) is 0 Å². The van der Waals surface area contributed by atoms with Gasteiger partial charge in [-0.15, -0.1) is 0 Å².